The minimum Gasteiger partial charge on any atom is -0.331 e. The quantitative estimate of drug-likeness (QED) is 0.578. The van der Waals surface area contributed by atoms with E-state index in [1.165, 1.54) is 0 Å². The van der Waals surface area contributed by atoms with E-state index in [0.717, 1.165) is 22.7 Å². The molecule has 0 aliphatic rings. The molecule has 0 fully saturated rings. The largest absolute Gasteiger partial charge is 0.331 e. The summed E-state index contributed by atoms with van der Waals surface area (Å²) in [6.45, 7) is 1.91. The second-order valence-corrected chi connectivity index (χ2v) is 6.44. The first-order chi connectivity index (χ1) is 13.1. The fraction of sp³-hybridized carbons (Fsp3) is 0.0909. The number of pyridine rings is 2. The van der Waals surface area contributed by atoms with Crippen molar-refractivity contribution in [1.29, 1.82) is 0 Å². The molecule has 0 unspecified atom stereocenters. The summed E-state index contributed by atoms with van der Waals surface area (Å²) in [6.07, 6.45) is 3.52. The van der Waals surface area contributed by atoms with Gasteiger partial charge in [0.1, 0.15) is 5.82 Å². The summed E-state index contributed by atoms with van der Waals surface area (Å²) in [7, 11) is 2.02. The number of carbonyl (C=O) groups is 1. The maximum Gasteiger partial charge on any atom is 0.257 e. The van der Waals surface area contributed by atoms with Crippen molar-refractivity contribution in [2.24, 2.45) is 0 Å². The van der Waals surface area contributed by atoms with E-state index in [-0.39, 0.29) is 5.91 Å². The molecule has 5 heteroatoms. The van der Waals surface area contributed by atoms with Crippen LogP contribution in [-0.4, -0.2) is 22.3 Å². The lowest BCUT2D eigenvalue weighted by Gasteiger charge is -2.19. The van der Waals surface area contributed by atoms with Gasteiger partial charge in [-0.1, -0.05) is 18.2 Å². The van der Waals surface area contributed by atoms with Crippen molar-refractivity contribution >= 4 is 28.6 Å². The minimum atomic E-state index is -0.162. The van der Waals surface area contributed by atoms with Crippen LogP contribution < -0.4 is 10.2 Å². The number of amides is 1. The highest BCUT2D eigenvalue weighted by molar-refractivity contribution is 6.04. The molecular weight excluding hydrogens is 336 g/mol. The molecule has 5 nitrogen and oxygen atoms in total. The van der Waals surface area contributed by atoms with E-state index >= 15 is 0 Å². The fourth-order valence-corrected chi connectivity index (χ4v) is 3.02. The van der Waals surface area contributed by atoms with Crippen LogP contribution in [0.5, 0.6) is 0 Å². The number of para-hydroxylation sites is 1. The van der Waals surface area contributed by atoms with Crippen LogP contribution in [0.25, 0.3) is 5.52 Å². The molecule has 1 amide bonds. The fourth-order valence-electron chi connectivity index (χ4n) is 3.02. The molecule has 0 aliphatic heterocycles. The molecule has 27 heavy (non-hydrogen) atoms. The van der Waals surface area contributed by atoms with Gasteiger partial charge >= 0.3 is 0 Å². The summed E-state index contributed by atoms with van der Waals surface area (Å²) in [4.78, 5) is 19.0. The number of hydrogen-bond donors (Lipinski definition) is 1. The molecule has 0 bridgehead atoms. The van der Waals surface area contributed by atoms with Gasteiger partial charge in [0.05, 0.1) is 17.4 Å². The van der Waals surface area contributed by atoms with Gasteiger partial charge in [0.15, 0.2) is 0 Å². The lowest BCUT2D eigenvalue weighted by Crippen LogP contribution is -2.15. The Morgan fingerprint density at radius 3 is 2.52 bits per heavy atom. The van der Waals surface area contributed by atoms with Crippen molar-refractivity contribution in [3.05, 3.63) is 90.4 Å². The summed E-state index contributed by atoms with van der Waals surface area (Å²) in [5.74, 6) is 0.826. The maximum atomic E-state index is 12.6. The highest BCUT2D eigenvalue weighted by atomic mass is 16.1. The van der Waals surface area contributed by atoms with Crippen LogP contribution in [0.1, 0.15) is 16.1 Å². The van der Waals surface area contributed by atoms with Crippen molar-refractivity contribution < 1.29 is 4.79 Å². The van der Waals surface area contributed by atoms with Crippen LogP contribution in [0.15, 0.2) is 79.1 Å². The maximum absolute atomic E-state index is 12.6. The third-order valence-electron chi connectivity index (χ3n) is 4.55. The molecule has 0 spiro atoms. The highest BCUT2D eigenvalue weighted by Crippen LogP contribution is 2.26. The average molecular weight is 356 g/mol. The second kappa shape index (κ2) is 6.96. The molecule has 134 valence electrons. The van der Waals surface area contributed by atoms with Crippen molar-refractivity contribution in [3.63, 3.8) is 0 Å². The normalized spacial score (nSPS) is 10.7. The van der Waals surface area contributed by atoms with Crippen LogP contribution >= 0.6 is 0 Å². The van der Waals surface area contributed by atoms with E-state index in [2.05, 4.69) is 27.3 Å². The van der Waals surface area contributed by atoms with Crippen molar-refractivity contribution in [3.8, 4) is 0 Å². The SMILES string of the molecule is Cc1ccc(NC(=O)c2ccc3ccc(N(C)c4ccccc4)n3c2)cn1. The molecule has 4 rings (SSSR count). The Kier molecular flexibility index (Phi) is 4.34. The Balaban J connectivity index is 1.65. The lowest BCUT2D eigenvalue weighted by atomic mass is 10.2. The molecule has 0 atom stereocenters. The number of rotatable bonds is 4. The summed E-state index contributed by atoms with van der Waals surface area (Å²) >= 11 is 0. The standard InChI is InChI=1S/C22H20N4O/c1-16-8-10-18(14-23-16)24-22(27)17-9-11-20-12-13-21(26(20)15-17)25(2)19-6-4-3-5-7-19/h3-15H,1-2H3,(H,24,27). The molecular formula is C22H20N4O. The minimum absolute atomic E-state index is 0.162. The molecule has 1 aromatic carbocycles. The van der Waals surface area contributed by atoms with Crippen molar-refractivity contribution in [1.82, 2.24) is 9.38 Å². The second-order valence-electron chi connectivity index (χ2n) is 6.44. The summed E-state index contributed by atoms with van der Waals surface area (Å²) in [5.41, 5.74) is 4.29. The van der Waals surface area contributed by atoms with Gasteiger partial charge in [0.25, 0.3) is 5.91 Å². The van der Waals surface area contributed by atoms with Crippen LogP contribution in [-0.2, 0) is 0 Å². The van der Waals surface area contributed by atoms with E-state index in [9.17, 15) is 4.79 Å². The van der Waals surface area contributed by atoms with Crippen LogP contribution in [0.4, 0.5) is 17.2 Å². The number of carbonyl (C=O) groups excluding carboxylic acids is 1. The monoisotopic (exact) mass is 356 g/mol. The van der Waals surface area contributed by atoms with Gasteiger partial charge in [-0.2, -0.15) is 0 Å². The number of nitrogens with one attached hydrogen (secondary N) is 1. The molecule has 4 aromatic rings. The van der Waals surface area contributed by atoms with Gasteiger partial charge in [-0.3, -0.25) is 9.78 Å². The molecule has 0 aliphatic carbocycles. The lowest BCUT2D eigenvalue weighted by molar-refractivity contribution is 0.102. The van der Waals surface area contributed by atoms with Crippen molar-refractivity contribution in [2.45, 2.75) is 6.92 Å². The zero-order valence-corrected chi connectivity index (χ0v) is 15.3. The summed E-state index contributed by atoms with van der Waals surface area (Å²) < 4.78 is 2.02. The van der Waals surface area contributed by atoms with E-state index < -0.39 is 0 Å². The Labute approximate surface area is 157 Å². The summed E-state index contributed by atoms with van der Waals surface area (Å²) in [6, 6.07) is 21.7. The number of aromatic nitrogens is 2. The highest BCUT2D eigenvalue weighted by Gasteiger charge is 2.12. The molecule has 0 saturated carbocycles. The number of aryl methyl sites for hydroxylation is 1. The Morgan fingerprint density at radius 2 is 1.78 bits per heavy atom. The molecule has 0 radical (unpaired) electrons. The van der Waals surface area contributed by atoms with Crippen LogP contribution in [0.2, 0.25) is 0 Å². The molecule has 0 saturated heterocycles. The van der Waals surface area contributed by atoms with Crippen molar-refractivity contribution in [2.75, 3.05) is 17.3 Å². The first-order valence-corrected chi connectivity index (χ1v) is 8.76. The first kappa shape index (κ1) is 16.8. The van der Waals surface area contributed by atoms with Crippen LogP contribution in [0.3, 0.4) is 0 Å². The predicted molar refractivity (Wildman–Crippen MR) is 109 cm³/mol. The number of anilines is 3. The molecule has 3 aromatic heterocycles. The van der Waals surface area contributed by atoms with Gasteiger partial charge < -0.3 is 14.6 Å². The van der Waals surface area contributed by atoms with E-state index in [4.69, 9.17) is 0 Å². The van der Waals surface area contributed by atoms with Gasteiger partial charge in [0, 0.05) is 30.1 Å². The van der Waals surface area contributed by atoms with Gasteiger partial charge in [-0.05, 0) is 55.5 Å². The third-order valence-corrected chi connectivity index (χ3v) is 4.55. The summed E-state index contributed by atoms with van der Waals surface area (Å²) in [5, 5.41) is 2.89. The smallest absolute Gasteiger partial charge is 0.257 e. The topological polar surface area (TPSA) is 49.6 Å². The first-order valence-electron chi connectivity index (χ1n) is 8.76. The average Bonchev–Trinajstić information content (AvgIpc) is 3.13. The van der Waals surface area contributed by atoms with E-state index in [1.54, 1.807) is 6.20 Å². The van der Waals surface area contributed by atoms with Crippen LogP contribution in [0, 0.1) is 6.92 Å². The zero-order chi connectivity index (χ0) is 18.8. The Hall–Kier alpha value is -3.60. The van der Waals surface area contributed by atoms with Gasteiger partial charge in [-0.15, -0.1) is 0 Å². The number of nitrogens with zero attached hydrogens (tertiary/aromatic N) is 3. The van der Waals surface area contributed by atoms with Gasteiger partial charge in [-0.25, -0.2) is 0 Å². The Bertz CT molecular complexity index is 1080. The number of benzene rings is 1. The predicted octanol–water partition coefficient (Wildman–Crippen LogP) is 4.66. The van der Waals surface area contributed by atoms with E-state index in [0.29, 0.717) is 11.3 Å². The molecule has 1 N–H and O–H groups in total. The zero-order valence-electron chi connectivity index (χ0n) is 15.3. The van der Waals surface area contributed by atoms with Gasteiger partial charge in [0.2, 0.25) is 0 Å². The van der Waals surface area contributed by atoms with E-state index in [1.807, 2.05) is 79.2 Å². The number of hydrogen-bond acceptors (Lipinski definition) is 3. The third kappa shape index (κ3) is 3.40. The Morgan fingerprint density at radius 1 is 1.00 bits per heavy atom. The number of fused-ring (bicyclic) bond motifs is 1. The molecule has 3 heterocycles.